The van der Waals surface area contributed by atoms with Crippen LogP contribution in [0.3, 0.4) is 0 Å². The smallest absolute Gasteiger partial charge is 0.320 e. The maximum absolute atomic E-state index is 12.3. The first-order valence-corrected chi connectivity index (χ1v) is 7.33. The predicted octanol–water partition coefficient (Wildman–Crippen LogP) is 2.59. The molecule has 104 valence electrons. The molecule has 2 N–H and O–H groups in total. The Bertz CT molecular complexity index is 466. The first kappa shape index (κ1) is 14.3. The molecule has 4 nitrogen and oxygen atoms in total. The number of carbonyl (C=O) groups is 1. The molecule has 1 aromatic carbocycles. The SMILES string of the molecule is CC(CCN)N1CC(c2ccccc2Br)N(C)C1=O. The second kappa shape index (κ2) is 5.92. The van der Waals surface area contributed by atoms with Crippen molar-refractivity contribution in [3.05, 3.63) is 34.3 Å². The Morgan fingerprint density at radius 3 is 2.79 bits per heavy atom. The van der Waals surface area contributed by atoms with Crippen LogP contribution in [-0.4, -0.2) is 42.0 Å². The fourth-order valence-corrected chi connectivity index (χ4v) is 3.09. The molecule has 2 rings (SSSR count). The topological polar surface area (TPSA) is 49.6 Å². The molecule has 5 heteroatoms. The van der Waals surface area contributed by atoms with Gasteiger partial charge in [-0.15, -0.1) is 0 Å². The fourth-order valence-electron chi connectivity index (χ4n) is 2.54. The largest absolute Gasteiger partial charge is 0.330 e. The number of hydrogen-bond acceptors (Lipinski definition) is 2. The molecule has 0 bridgehead atoms. The summed E-state index contributed by atoms with van der Waals surface area (Å²) in [6.07, 6.45) is 0.836. The monoisotopic (exact) mass is 325 g/mol. The van der Waals surface area contributed by atoms with E-state index in [1.807, 2.05) is 35.0 Å². The van der Waals surface area contributed by atoms with Gasteiger partial charge in [0.1, 0.15) is 0 Å². The molecule has 2 amide bonds. The molecule has 19 heavy (non-hydrogen) atoms. The molecule has 1 heterocycles. The van der Waals surface area contributed by atoms with Crippen LogP contribution in [0.1, 0.15) is 24.9 Å². The molecule has 0 saturated carbocycles. The van der Waals surface area contributed by atoms with Crippen LogP contribution in [0.5, 0.6) is 0 Å². The van der Waals surface area contributed by atoms with E-state index in [1.165, 1.54) is 0 Å². The van der Waals surface area contributed by atoms with Crippen molar-refractivity contribution in [1.29, 1.82) is 0 Å². The van der Waals surface area contributed by atoms with Crippen molar-refractivity contribution in [3.8, 4) is 0 Å². The highest BCUT2D eigenvalue weighted by atomic mass is 79.9. The molecule has 1 fully saturated rings. The van der Waals surface area contributed by atoms with Gasteiger partial charge in [0.15, 0.2) is 0 Å². The Hall–Kier alpha value is -1.07. The lowest BCUT2D eigenvalue weighted by Gasteiger charge is -2.23. The molecule has 0 radical (unpaired) electrons. The number of carbonyl (C=O) groups excluding carboxylic acids is 1. The highest BCUT2D eigenvalue weighted by molar-refractivity contribution is 9.10. The average molecular weight is 326 g/mol. The number of nitrogens with zero attached hydrogens (tertiary/aromatic N) is 2. The van der Waals surface area contributed by atoms with Crippen LogP contribution in [0.25, 0.3) is 0 Å². The fraction of sp³-hybridized carbons (Fsp3) is 0.500. The first-order valence-electron chi connectivity index (χ1n) is 6.54. The van der Waals surface area contributed by atoms with E-state index in [0.29, 0.717) is 6.54 Å². The second-order valence-electron chi connectivity index (χ2n) is 5.01. The van der Waals surface area contributed by atoms with Crippen molar-refractivity contribution in [2.75, 3.05) is 20.1 Å². The lowest BCUT2D eigenvalue weighted by Crippen LogP contribution is -2.37. The number of nitrogens with two attached hydrogens (primary N) is 1. The van der Waals surface area contributed by atoms with Crippen LogP contribution >= 0.6 is 15.9 Å². The van der Waals surface area contributed by atoms with E-state index in [2.05, 4.69) is 28.9 Å². The summed E-state index contributed by atoms with van der Waals surface area (Å²) >= 11 is 3.56. The summed E-state index contributed by atoms with van der Waals surface area (Å²) in [5, 5.41) is 0. The standard InChI is InChI=1S/C14H20BrN3O/c1-10(7-8-16)18-9-13(17(2)14(18)19)11-5-3-4-6-12(11)15/h3-6,10,13H,7-9,16H2,1-2H3. The normalized spacial score (nSPS) is 21.1. The summed E-state index contributed by atoms with van der Waals surface area (Å²) in [7, 11) is 1.86. The zero-order valence-corrected chi connectivity index (χ0v) is 12.9. The van der Waals surface area contributed by atoms with Gasteiger partial charge in [-0.3, -0.25) is 0 Å². The lowest BCUT2D eigenvalue weighted by molar-refractivity contribution is 0.182. The minimum Gasteiger partial charge on any atom is -0.330 e. The maximum Gasteiger partial charge on any atom is 0.320 e. The Balaban J connectivity index is 2.21. The Morgan fingerprint density at radius 2 is 2.16 bits per heavy atom. The van der Waals surface area contributed by atoms with Gasteiger partial charge in [-0.1, -0.05) is 34.1 Å². The third kappa shape index (κ3) is 2.77. The minimum atomic E-state index is 0.0849. The van der Waals surface area contributed by atoms with Gasteiger partial charge in [0.2, 0.25) is 0 Å². The van der Waals surface area contributed by atoms with Gasteiger partial charge in [-0.05, 0) is 31.5 Å². The number of urea groups is 1. The van der Waals surface area contributed by atoms with Crippen LogP contribution in [0, 0.1) is 0 Å². The van der Waals surface area contributed by atoms with Gasteiger partial charge in [0.25, 0.3) is 0 Å². The van der Waals surface area contributed by atoms with E-state index >= 15 is 0 Å². The summed E-state index contributed by atoms with van der Waals surface area (Å²) in [5.41, 5.74) is 6.74. The summed E-state index contributed by atoms with van der Waals surface area (Å²) in [4.78, 5) is 16.0. The zero-order valence-electron chi connectivity index (χ0n) is 11.3. The second-order valence-corrected chi connectivity index (χ2v) is 5.86. The number of hydrogen-bond donors (Lipinski definition) is 1. The Kier molecular flexibility index (Phi) is 4.47. The van der Waals surface area contributed by atoms with Crippen molar-refractivity contribution < 1.29 is 4.79 Å². The van der Waals surface area contributed by atoms with Crippen molar-refractivity contribution >= 4 is 22.0 Å². The number of benzene rings is 1. The molecule has 1 aromatic rings. The van der Waals surface area contributed by atoms with Gasteiger partial charge in [0, 0.05) is 24.1 Å². The average Bonchev–Trinajstić information content (AvgIpc) is 2.68. The van der Waals surface area contributed by atoms with Crippen molar-refractivity contribution in [1.82, 2.24) is 9.80 Å². The maximum atomic E-state index is 12.3. The highest BCUT2D eigenvalue weighted by Gasteiger charge is 2.38. The third-order valence-corrected chi connectivity index (χ3v) is 4.49. The Labute approximate surface area is 122 Å². The minimum absolute atomic E-state index is 0.0849. The zero-order chi connectivity index (χ0) is 14.0. The molecule has 1 aliphatic heterocycles. The van der Waals surface area contributed by atoms with Crippen LogP contribution < -0.4 is 5.73 Å². The molecule has 0 aliphatic carbocycles. The van der Waals surface area contributed by atoms with Crippen LogP contribution in [0.15, 0.2) is 28.7 Å². The highest BCUT2D eigenvalue weighted by Crippen LogP contribution is 2.33. The molecule has 1 saturated heterocycles. The van der Waals surface area contributed by atoms with Gasteiger partial charge in [-0.2, -0.15) is 0 Å². The van der Waals surface area contributed by atoms with Crippen molar-refractivity contribution in [3.63, 3.8) is 0 Å². The van der Waals surface area contributed by atoms with Crippen molar-refractivity contribution in [2.45, 2.75) is 25.4 Å². The molecule has 1 aliphatic rings. The summed E-state index contributed by atoms with van der Waals surface area (Å²) in [6.45, 7) is 3.38. The summed E-state index contributed by atoms with van der Waals surface area (Å²) < 4.78 is 1.05. The first-order chi connectivity index (χ1) is 9.06. The number of halogens is 1. The number of likely N-dealkylation sites (N-methyl/N-ethyl adjacent to an activating group) is 1. The van der Waals surface area contributed by atoms with Crippen LogP contribution in [-0.2, 0) is 0 Å². The van der Waals surface area contributed by atoms with E-state index in [9.17, 15) is 4.79 Å². The summed E-state index contributed by atoms with van der Waals surface area (Å²) in [5.74, 6) is 0. The molecular formula is C14H20BrN3O. The lowest BCUT2D eigenvalue weighted by atomic mass is 10.1. The van der Waals surface area contributed by atoms with Gasteiger partial charge in [-0.25, -0.2) is 4.79 Å². The third-order valence-electron chi connectivity index (χ3n) is 3.77. The molecular weight excluding hydrogens is 306 g/mol. The van der Waals surface area contributed by atoms with Gasteiger partial charge >= 0.3 is 6.03 Å². The molecule has 0 aromatic heterocycles. The van der Waals surface area contributed by atoms with Crippen LogP contribution in [0.4, 0.5) is 4.79 Å². The van der Waals surface area contributed by atoms with E-state index in [-0.39, 0.29) is 18.1 Å². The van der Waals surface area contributed by atoms with E-state index in [0.717, 1.165) is 23.0 Å². The summed E-state index contributed by atoms with van der Waals surface area (Å²) in [6, 6.07) is 8.44. The van der Waals surface area contributed by atoms with Gasteiger partial charge in [0.05, 0.1) is 6.04 Å². The van der Waals surface area contributed by atoms with Crippen LogP contribution in [0.2, 0.25) is 0 Å². The predicted molar refractivity (Wildman–Crippen MR) is 79.9 cm³/mol. The number of rotatable bonds is 4. The Morgan fingerprint density at radius 1 is 1.47 bits per heavy atom. The van der Waals surface area contributed by atoms with Gasteiger partial charge < -0.3 is 15.5 Å². The van der Waals surface area contributed by atoms with E-state index in [1.54, 1.807) is 0 Å². The van der Waals surface area contributed by atoms with E-state index < -0.39 is 0 Å². The van der Waals surface area contributed by atoms with Crippen molar-refractivity contribution in [2.24, 2.45) is 5.73 Å². The number of amides is 2. The molecule has 0 spiro atoms. The van der Waals surface area contributed by atoms with E-state index in [4.69, 9.17) is 5.73 Å². The molecule has 2 unspecified atom stereocenters. The molecule has 2 atom stereocenters. The quantitative estimate of drug-likeness (QED) is 0.925.